The Morgan fingerprint density at radius 1 is 1.33 bits per heavy atom. The molecule has 1 aromatic heterocycles. The highest BCUT2D eigenvalue weighted by atomic mass is 16.5. The van der Waals surface area contributed by atoms with Crippen LogP contribution in [0.15, 0.2) is 24.5 Å². The maximum atomic E-state index is 10.9. The van der Waals surface area contributed by atoms with Crippen molar-refractivity contribution in [3.05, 3.63) is 24.5 Å². The Bertz CT molecular complexity index is 428. The average molecular weight is 252 g/mol. The summed E-state index contributed by atoms with van der Waals surface area (Å²) in [6, 6.07) is 2.23. The van der Waals surface area contributed by atoms with Crippen molar-refractivity contribution in [3.63, 3.8) is 0 Å². The van der Waals surface area contributed by atoms with E-state index in [1.807, 2.05) is 0 Å². The van der Waals surface area contributed by atoms with Gasteiger partial charge in [-0.25, -0.2) is 9.59 Å². The van der Waals surface area contributed by atoms with E-state index in [-0.39, 0.29) is 13.0 Å². The fourth-order valence-electron chi connectivity index (χ4n) is 1.94. The van der Waals surface area contributed by atoms with Crippen LogP contribution < -0.4 is 4.74 Å². The molecule has 2 atom stereocenters. The molecular formula is C11H12N2O5. The van der Waals surface area contributed by atoms with Gasteiger partial charge in [0.25, 0.3) is 0 Å². The molecule has 2 rings (SSSR count). The fraction of sp³-hybridized carbons (Fsp3) is 0.364. The molecule has 0 unspecified atom stereocenters. The van der Waals surface area contributed by atoms with Crippen molar-refractivity contribution in [1.29, 1.82) is 0 Å². The third-order valence-corrected chi connectivity index (χ3v) is 2.75. The Morgan fingerprint density at radius 3 is 2.50 bits per heavy atom. The maximum Gasteiger partial charge on any atom is 0.408 e. The van der Waals surface area contributed by atoms with Crippen LogP contribution in [0.2, 0.25) is 0 Å². The van der Waals surface area contributed by atoms with Crippen LogP contribution in [0.1, 0.15) is 6.42 Å². The van der Waals surface area contributed by atoms with Crippen molar-refractivity contribution in [2.75, 3.05) is 6.54 Å². The number of ether oxygens (including phenoxy) is 1. The third-order valence-electron chi connectivity index (χ3n) is 2.75. The molecule has 1 aromatic rings. The summed E-state index contributed by atoms with van der Waals surface area (Å²) >= 11 is 0. The standard InChI is InChI=1S/C11H12N2O5/c14-10(15)9-5-8(6-13(9)11(16)17)18-7-1-3-12-4-2-7/h1-4,8-9H,5-6H2,(H,14,15)(H,16,17)/t8-,9+/m1/s1. The van der Waals surface area contributed by atoms with Crippen molar-refractivity contribution in [2.45, 2.75) is 18.6 Å². The van der Waals surface area contributed by atoms with Crippen molar-refractivity contribution in [1.82, 2.24) is 9.88 Å². The second-order valence-corrected chi connectivity index (χ2v) is 3.95. The van der Waals surface area contributed by atoms with E-state index < -0.39 is 24.2 Å². The molecule has 18 heavy (non-hydrogen) atoms. The quantitative estimate of drug-likeness (QED) is 0.819. The normalized spacial score (nSPS) is 22.8. The van der Waals surface area contributed by atoms with Gasteiger partial charge in [0, 0.05) is 18.8 Å². The molecule has 0 radical (unpaired) electrons. The largest absolute Gasteiger partial charge is 0.488 e. The van der Waals surface area contributed by atoms with Gasteiger partial charge in [0.1, 0.15) is 17.9 Å². The maximum absolute atomic E-state index is 10.9. The average Bonchev–Trinajstić information content (AvgIpc) is 2.74. The Kier molecular flexibility index (Phi) is 3.31. The van der Waals surface area contributed by atoms with E-state index in [0.29, 0.717) is 5.75 Å². The van der Waals surface area contributed by atoms with Gasteiger partial charge in [-0.1, -0.05) is 0 Å². The summed E-state index contributed by atoms with van der Waals surface area (Å²) in [6.07, 6.45) is 1.54. The summed E-state index contributed by atoms with van der Waals surface area (Å²) in [5.41, 5.74) is 0. The van der Waals surface area contributed by atoms with E-state index in [9.17, 15) is 9.59 Å². The minimum atomic E-state index is -1.25. The molecule has 1 fully saturated rings. The number of likely N-dealkylation sites (tertiary alicyclic amines) is 1. The highest BCUT2D eigenvalue weighted by molar-refractivity contribution is 5.80. The molecule has 2 N–H and O–H groups in total. The van der Waals surface area contributed by atoms with E-state index in [4.69, 9.17) is 14.9 Å². The molecule has 1 amide bonds. The van der Waals surface area contributed by atoms with Crippen LogP contribution >= 0.6 is 0 Å². The minimum Gasteiger partial charge on any atom is -0.488 e. The summed E-state index contributed by atoms with van der Waals surface area (Å²) in [5, 5.41) is 17.9. The van der Waals surface area contributed by atoms with Crippen LogP contribution in [0, 0.1) is 0 Å². The van der Waals surface area contributed by atoms with Gasteiger partial charge in [-0.15, -0.1) is 0 Å². The number of pyridine rings is 1. The first-order valence-corrected chi connectivity index (χ1v) is 5.37. The van der Waals surface area contributed by atoms with Gasteiger partial charge in [-0.2, -0.15) is 0 Å². The summed E-state index contributed by atoms with van der Waals surface area (Å²) < 4.78 is 5.53. The van der Waals surface area contributed by atoms with Gasteiger partial charge >= 0.3 is 12.1 Å². The van der Waals surface area contributed by atoms with Crippen molar-refractivity contribution < 1.29 is 24.5 Å². The van der Waals surface area contributed by atoms with E-state index >= 15 is 0 Å². The number of aromatic nitrogens is 1. The van der Waals surface area contributed by atoms with Gasteiger partial charge in [0.15, 0.2) is 0 Å². The molecule has 0 saturated carbocycles. The number of carboxylic acids is 1. The molecule has 96 valence electrons. The van der Waals surface area contributed by atoms with Crippen LogP contribution in [0.3, 0.4) is 0 Å². The molecule has 0 bridgehead atoms. The molecular weight excluding hydrogens is 240 g/mol. The van der Waals surface area contributed by atoms with Crippen LogP contribution in [-0.4, -0.2) is 50.9 Å². The number of amides is 1. The highest BCUT2D eigenvalue weighted by Gasteiger charge is 2.40. The van der Waals surface area contributed by atoms with Crippen LogP contribution in [0.4, 0.5) is 4.79 Å². The zero-order valence-corrected chi connectivity index (χ0v) is 9.39. The van der Waals surface area contributed by atoms with Crippen LogP contribution in [0.25, 0.3) is 0 Å². The molecule has 1 aliphatic heterocycles. The number of hydrogen-bond acceptors (Lipinski definition) is 4. The summed E-state index contributed by atoms with van der Waals surface area (Å²) in [7, 11) is 0. The number of nitrogens with zero attached hydrogens (tertiary/aromatic N) is 2. The lowest BCUT2D eigenvalue weighted by atomic mass is 10.2. The van der Waals surface area contributed by atoms with E-state index in [1.54, 1.807) is 24.5 Å². The van der Waals surface area contributed by atoms with Gasteiger partial charge in [-0.05, 0) is 12.1 Å². The van der Waals surface area contributed by atoms with Gasteiger partial charge in [0.05, 0.1) is 6.54 Å². The molecule has 1 saturated heterocycles. The highest BCUT2D eigenvalue weighted by Crippen LogP contribution is 2.22. The predicted molar refractivity (Wildman–Crippen MR) is 59.4 cm³/mol. The Hall–Kier alpha value is -2.31. The number of aliphatic carboxylic acids is 1. The molecule has 1 aliphatic rings. The minimum absolute atomic E-state index is 0.0502. The number of rotatable bonds is 3. The SMILES string of the molecule is O=C(O)[C@@H]1C[C@@H](Oc2ccncc2)CN1C(=O)O. The van der Waals surface area contributed by atoms with Gasteiger partial charge in [-0.3, -0.25) is 9.88 Å². The first kappa shape index (κ1) is 12.2. The van der Waals surface area contributed by atoms with Crippen LogP contribution in [0.5, 0.6) is 5.75 Å². The predicted octanol–water partition coefficient (Wildman–Crippen LogP) is 0.666. The smallest absolute Gasteiger partial charge is 0.408 e. The van der Waals surface area contributed by atoms with E-state index in [2.05, 4.69) is 4.98 Å². The summed E-state index contributed by atoms with van der Waals surface area (Å²) in [4.78, 5) is 26.6. The molecule has 2 heterocycles. The second kappa shape index (κ2) is 4.91. The van der Waals surface area contributed by atoms with Gasteiger partial charge in [0.2, 0.25) is 0 Å². The first-order chi connectivity index (χ1) is 8.58. The van der Waals surface area contributed by atoms with Crippen molar-refractivity contribution in [3.8, 4) is 5.75 Å². The molecule has 7 heteroatoms. The molecule has 0 aromatic carbocycles. The lowest BCUT2D eigenvalue weighted by molar-refractivity contribution is -0.141. The Balaban J connectivity index is 2.05. The van der Waals surface area contributed by atoms with Gasteiger partial charge < -0.3 is 14.9 Å². The Labute approximate surface area is 103 Å². The first-order valence-electron chi connectivity index (χ1n) is 5.37. The van der Waals surface area contributed by atoms with Crippen molar-refractivity contribution >= 4 is 12.1 Å². The van der Waals surface area contributed by atoms with Crippen LogP contribution in [-0.2, 0) is 4.79 Å². The zero-order chi connectivity index (χ0) is 13.1. The lowest BCUT2D eigenvalue weighted by Gasteiger charge is -2.16. The summed E-state index contributed by atoms with van der Waals surface area (Å²) in [5.74, 6) is -0.607. The number of carbonyl (C=O) groups is 2. The topological polar surface area (TPSA) is 100.0 Å². The van der Waals surface area contributed by atoms with Crippen molar-refractivity contribution in [2.24, 2.45) is 0 Å². The summed E-state index contributed by atoms with van der Waals surface area (Å²) in [6.45, 7) is 0.0502. The lowest BCUT2D eigenvalue weighted by Crippen LogP contribution is -2.39. The third kappa shape index (κ3) is 2.50. The number of hydrogen-bond donors (Lipinski definition) is 2. The molecule has 0 spiro atoms. The molecule has 0 aliphatic carbocycles. The van der Waals surface area contributed by atoms with E-state index in [0.717, 1.165) is 4.90 Å². The second-order valence-electron chi connectivity index (χ2n) is 3.95. The molecule has 7 nitrogen and oxygen atoms in total. The van der Waals surface area contributed by atoms with E-state index in [1.165, 1.54) is 0 Å². The zero-order valence-electron chi connectivity index (χ0n) is 9.39. The fourth-order valence-corrected chi connectivity index (χ4v) is 1.94. The number of carboxylic acid groups (broad SMARTS) is 2. The Morgan fingerprint density at radius 2 is 2.00 bits per heavy atom. The monoisotopic (exact) mass is 252 g/mol.